The number of benzene rings is 1. The van der Waals surface area contributed by atoms with Gasteiger partial charge in [0.25, 0.3) is 5.91 Å². The number of carbonyl (C=O) groups is 2. The van der Waals surface area contributed by atoms with Crippen LogP contribution in [0.4, 0.5) is 5.69 Å². The van der Waals surface area contributed by atoms with E-state index in [1.165, 1.54) is 6.20 Å². The number of hydrogen-bond acceptors (Lipinski definition) is 5. The first-order chi connectivity index (χ1) is 15.5. The number of pyridine rings is 1. The highest BCUT2D eigenvalue weighted by atomic mass is 16.4. The minimum Gasteiger partial charge on any atom is -0.441 e. The standard InChI is InChI=1S/C25H28N4O3/c1-4-25(5-2)13-19(25)23(31)27-15-21-16(3)32-24(29-21)18-10-6-7-11-20(18)28-22(30)17-9-8-12-26-14-17/h6-12,14,19H,4-5,13,15H2,1-3H3,(H,27,31)(H,28,30). The predicted octanol–water partition coefficient (Wildman–Crippen LogP) is 4.74. The lowest BCUT2D eigenvalue weighted by atomic mass is 9.97. The van der Waals surface area contributed by atoms with Crippen molar-refractivity contribution in [1.29, 1.82) is 0 Å². The molecule has 0 aliphatic heterocycles. The van der Waals surface area contributed by atoms with E-state index in [-0.39, 0.29) is 23.1 Å². The Balaban J connectivity index is 1.47. The fourth-order valence-electron chi connectivity index (χ4n) is 4.22. The van der Waals surface area contributed by atoms with Gasteiger partial charge in [0.05, 0.1) is 23.4 Å². The van der Waals surface area contributed by atoms with Crippen molar-refractivity contribution in [2.45, 2.75) is 46.6 Å². The van der Waals surface area contributed by atoms with Gasteiger partial charge >= 0.3 is 0 Å². The van der Waals surface area contributed by atoms with Gasteiger partial charge in [-0.1, -0.05) is 26.0 Å². The molecule has 7 nitrogen and oxygen atoms in total. The van der Waals surface area contributed by atoms with Gasteiger partial charge in [0, 0.05) is 18.3 Å². The molecule has 0 saturated heterocycles. The number of aryl methyl sites for hydroxylation is 1. The van der Waals surface area contributed by atoms with Crippen molar-refractivity contribution in [3.05, 3.63) is 65.8 Å². The highest BCUT2D eigenvalue weighted by Gasteiger charge is 2.55. The molecule has 32 heavy (non-hydrogen) atoms. The number of aromatic nitrogens is 2. The molecule has 1 aliphatic rings. The summed E-state index contributed by atoms with van der Waals surface area (Å²) >= 11 is 0. The first-order valence-electron chi connectivity index (χ1n) is 11.0. The largest absolute Gasteiger partial charge is 0.441 e. The van der Waals surface area contributed by atoms with E-state index in [9.17, 15) is 9.59 Å². The average Bonchev–Trinajstić information content (AvgIpc) is 3.46. The number of carbonyl (C=O) groups excluding carboxylic acids is 2. The van der Waals surface area contributed by atoms with Crippen LogP contribution in [0.25, 0.3) is 11.5 Å². The van der Waals surface area contributed by atoms with Crippen LogP contribution in [0.3, 0.4) is 0 Å². The van der Waals surface area contributed by atoms with Crippen molar-refractivity contribution in [3.63, 3.8) is 0 Å². The van der Waals surface area contributed by atoms with E-state index >= 15 is 0 Å². The third-order valence-corrected chi connectivity index (χ3v) is 6.57. The Morgan fingerprint density at radius 3 is 2.62 bits per heavy atom. The highest BCUT2D eigenvalue weighted by molar-refractivity contribution is 6.05. The zero-order valence-electron chi connectivity index (χ0n) is 18.6. The number of nitrogens with one attached hydrogen (secondary N) is 2. The summed E-state index contributed by atoms with van der Waals surface area (Å²) in [4.78, 5) is 33.7. The van der Waals surface area contributed by atoms with Gasteiger partial charge < -0.3 is 15.1 Å². The monoisotopic (exact) mass is 432 g/mol. The van der Waals surface area contributed by atoms with Crippen LogP contribution < -0.4 is 10.6 Å². The number of hydrogen-bond donors (Lipinski definition) is 2. The van der Waals surface area contributed by atoms with Crippen LogP contribution in [0.5, 0.6) is 0 Å². The van der Waals surface area contributed by atoms with Gasteiger partial charge in [-0.25, -0.2) is 4.98 Å². The maximum Gasteiger partial charge on any atom is 0.257 e. The Morgan fingerprint density at radius 1 is 1.16 bits per heavy atom. The lowest BCUT2D eigenvalue weighted by Crippen LogP contribution is -2.27. The molecule has 166 valence electrons. The zero-order valence-corrected chi connectivity index (χ0v) is 18.6. The Bertz CT molecular complexity index is 1120. The molecular formula is C25H28N4O3. The minimum absolute atomic E-state index is 0.0850. The summed E-state index contributed by atoms with van der Waals surface area (Å²) < 4.78 is 5.89. The van der Waals surface area contributed by atoms with Crippen LogP contribution in [0.15, 0.2) is 53.2 Å². The van der Waals surface area contributed by atoms with E-state index < -0.39 is 0 Å². The van der Waals surface area contributed by atoms with Crippen LogP contribution >= 0.6 is 0 Å². The molecule has 2 N–H and O–H groups in total. The third-order valence-electron chi connectivity index (χ3n) is 6.57. The van der Waals surface area contributed by atoms with Crippen molar-refractivity contribution >= 4 is 17.5 Å². The Hall–Kier alpha value is -3.48. The number of nitrogens with zero attached hydrogens (tertiary/aromatic N) is 2. The molecule has 0 radical (unpaired) electrons. The summed E-state index contributed by atoms with van der Waals surface area (Å²) in [5.74, 6) is 0.953. The van der Waals surface area contributed by atoms with Gasteiger partial charge in [0.2, 0.25) is 11.8 Å². The summed E-state index contributed by atoms with van der Waals surface area (Å²) in [7, 11) is 0. The quantitative estimate of drug-likeness (QED) is 0.536. The second-order valence-corrected chi connectivity index (χ2v) is 8.31. The first kappa shape index (κ1) is 21.7. The summed E-state index contributed by atoms with van der Waals surface area (Å²) in [5, 5.41) is 5.92. The average molecular weight is 433 g/mol. The van der Waals surface area contributed by atoms with Gasteiger partial charge in [0.15, 0.2) is 0 Å². The smallest absolute Gasteiger partial charge is 0.257 e. The number of para-hydroxylation sites is 1. The van der Waals surface area contributed by atoms with Crippen molar-refractivity contribution < 1.29 is 14.0 Å². The molecule has 1 aromatic carbocycles. The van der Waals surface area contributed by atoms with Gasteiger partial charge in [-0.3, -0.25) is 14.6 Å². The molecule has 1 unspecified atom stereocenters. The molecule has 3 aromatic rings. The van der Waals surface area contributed by atoms with Gasteiger partial charge in [-0.15, -0.1) is 0 Å². The summed E-state index contributed by atoms with van der Waals surface area (Å²) in [6, 6.07) is 10.7. The summed E-state index contributed by atoms with van der Waals surface area (Å²) in [6.45, 7) is 6.44. The first-order valence-corrected chi connectivity index (χ1v) is 11.0. The Kier molecular flexibility index (Phi) is 6.08. The normalized spacial score (nSPS) is 16.4. The second kappa shape index (κ2) is 8.94. The molecule has 0 bridgehead atoms. The van der Waals surface area contributed by atoms with Crippen LogP contribution in [0, 0.1) is 18.3 Å². The SMILES string of the molecule is CCC1(CC)CC1C(=O)NCc1nc(-c2ccccc2NC(=O)c2cccnc2)oc1C. The van der Waals surface area contributed by atoms with Crippen molar-refractivity contribution in [3.8, 4) is 11.5 Å². The topological polar surface area (TPSA) is 97.1 Å². The molecule has 2 heterocycles. The lowest BCUT2D eigenvalue weighted by molar-refractivity contribution is -0.123. The van der Waals surface area contributed by atoms with Crippen LogP contribution in [0.1, 0.15) is 54.9 Å². The number of rotatable bonds is 8. The van der Waals surface area contributed by atoms with Crippen molar-refractivity contribution in [1.82, 2.24) is 15.3 Å². The molecule has 1 aliphatic carbocycles. The summed E-state index contributed by atoms with van der Waals surface area (Å²) in [6.07, 6.45) is 6.14. The van der Waals surface area contributed by atoms with Crippen molar-refractivity contribution in [2.24, 2.45) is 11.3 Å². The fraction of sp³-hybridized carbons (Fsp3) is 0.360. The third kappa shape index (κ3) is 4.28. The second-order valence-electron chi connectivity index (χ2n) is 8.31. The predicted molar refractivity (Wildman–Crippen MR) is 122 cm³/mol. The van der Waals surface area contributed by atoms with E-state index in [1.54, 1.807) is 24.4 Å². The molecule has 2 aromatic heterocycles. The minimum atomic E-state index is -0.263. The van der Waals surface area contributed by atoms with Crippen molar-refractivity contribution in [2.75, 3.05) is 5.32 Å². The molecule has 2 amide bonds. The van der Waals surface area contributed by atoms with E-state index in [4.69, 9.17) is 4.42 Å². The Morgan fingerprint density at radius 2 is 1.94 bits per heavy atom. The van der Waals surface area contributed by atoms with Gasteiger partial charge in [-0.2, -0.15) is 0 Å². The molecule has 1 atom stereocenters. The zero-order chi connectivity index (χ0) is 22.7. The Labute approximate surface area is 187 Å². The molecule has 1 saturated carbocycles. The molecule has 0 spiro atoms. The maximum absolute atomic E-state index is 12.6. The number of amides is 2. The fourth-order valence-corrected chi connectivity index (χ4v) is 4.22. The number of oxazole rings is 1. The van der Waals surface area contributed by atoms with E-state index in [2.05, 4.69) is 34.4 Å². The molecule has 7 heteroatoms. The highest BCUT2D eigenvalue weighted by Crippen LogP contribution is 2.57. The maximum atomic E-state index is 12.6. The van der Waals surface area contributed by atoms with E-state index in [0.29, 0.717) is 40.7 Å². The van der Waals surface area contributed by atoms with Crippen LogP contribution in [0.2, 0.25) is 0 Å². The molecule has 4 rings (SSSR count). The van der Waals surface area contributed by atoms with Crippen LogP contribution in [-0.4, -0.2) is 21.8 Å². The number of anilines is 1. The van der Waals surface area contributed by atoms with Crippen LogP contribution in [-0.2, 0) is 11.3 Å². The molecule has 1 fully saturated rings. The summed E-state index contributed by atoms with van der Waals surface area (Å²) in [5.41, 5.74) is 2.57. The van der Waals surface area contributed by atoms with Gasteiger partial charge in [0.1, 0.15) is 11.5 Å². The van der Waals surface area contributed by atoms with E-state index in [1.807, 2.05) is 25.1 Å². The van der Waals surface area contributed by atoms with Gasteiger partial charge in [-0.05, 0) is 55.9 Å². The van der Waals surface area contributed by atoms with E-state index in [0.717, 1.165) is 19.3 Å². The molecular weight excluding hydrogens is 404 g/mol. The lowest BCUT2D eigenvalue weighted by Gasteiger charge is -2.11.